The van der Waals surface area contributed by atoms with Gasteiger partial charge < -0.3 is 4.74 Å². The van der Waals surface area contributed by atoms with Crippen LogP contribution in [0.3, 0.4) is 0 Å². The fourth-order valence-corrected chi connectivity index (χ4v) is 1.28. The molecular formula is C11H11NO2. The van der Waals surface area contributed by atoms with E-state index in [4.69, 9.17) is 5.26 Å². The quantitative estimate of drug-likeness (QED) is 0.667. The molecule has 0 fully saturated rings. The van der Waals surface area contributed by atoms with Gasteiger partial charge in [0.1, 0.15) is 0 Å². The minimum Gasteiger partial charge on any atom is -0.469 e. The highest BCUT2D eigenvalue weighted by molar-refractivity contribution is 5.78. The molecule has 72 valence electrons. The smallest absolute Gasteiger partial charge is 0.312 e. The molecule has 3 heteroatoms. The first-order valence-corrected chi connectivity index (χ1v) is 4.27. The van der Waals surface area contributed by atoms with Gasteiger partial charge in [-0.1, -0.05) is 18.2 Å². The highest BCUT2D eigenvalue weighted by atomic mass is 16.5. The molecule has 0 saturated heterocycles. The number of carbonyl (C=O) groups is 1. The fraction of sp³-hybridized carbons (Fsp3) is 0.273. The van der Waals surface area contributed by atoms with Gasteiger partial charge >= 0.3 is 5.97 Å². The Balaban J connectivity index is 3.07. The molecule has 1 rings (SSSR count). The van der Waals surface area contributed by atoms with E-state index in [1.165, 1.54) is 7.11 Å². The monoisotopic (exact) mass is 189 g/mol. The largest absolute Gasteiger partial charge is 0.469 e. The van der Waals surface area contributed by atoms with Gasteiger partial charge in [-0.3, -0.25) is 4.79 Å². The zero-order valence-electron chi connectivity index (χ0n) is 8.15. The molecule has 0 amide bonds. The summed E-state index contributed by atoms with van der Waals surface area (Å²) in [6.07, 6.45) is 0. The Labute approximate surface area is 82.9 Å². The summed E-state index contributed by atoms with van der Waals surface area (Å²) >= 11 is 0. The van der Waals surface area contributed by atoms with Gasteiger partial charge in [-0.25, -0.2) is 0 Å². The van der Waals surface area contributed by atoms with E-state index in [1.807, 2.05) is 6.07 Å². The Hall–Kier alpha value is -1.82. The van der Waals surface area contributed by atoms with Crippen LogP contribution in [0.25, 0.3) is 0 Å². The van der Waals surface area contributed by atoms with Crippen LogP contribution in [0.4, 0.5) is 0 Å². The normalized spacial score (nSPS) is 11.5. The Morgan fingerprint density at radius 1 is 1.50 bits per heavy atom. The predicted octanol–water partition coefficient (Wildman–Crippen LogP) is 1.83. The van der Waals surface area contributed by atoms with E-state index in [0.29, 0.717) is 11.1 Å². The lowest BCUT2D eigenvalue weighted by Crippen LogP contribution is -2.11. The van der Waals surface area contributed by atoms with Crippen molar-refractivity contribution in [2.24, 2.45) is 0 Å². The highest BCUT2D eigenvalue weighted by Crippen LogP contribution is 2.20. The summed E-state index contributed by atoms with van der Waals surface area (Å²) < 4.78 is 4.62. The average Bonchev–Trinajstić information content (AvgIpc) is 2.26. The second-order valence-corrected chi connectivity index (χ2v) is 2.94. The van der Waals surface area contributed by atoms with Crippen molar-refractivity contribution in [2.45, 2.75) is 12.8 Å². The molecule has 0 bridgehead atoms. The molecule has 14 heavy (non-hydrogen) atoms. The third-order valence-electron chi connectivity index (χ3n) is 2.10. The molecule has 0 aliphatic heterocycles. The van der Waals surface area contributed by atoms with E-state index >= 15 is 0 Å². The van der Waals surface area contributed by atoms with E-state index in [2.05, 4.69) is 4.74 Å². The number of rotatable bonds is 2. The van der Waals surface area contributed by atoms with Crippen molar-refractivity contribution in [3.8, 4) is 6.07 Å². The van der Waals surface area contributed by atoms with Crippen molar-refractivity contribution in [3.05, 3.63) is 35.4 Å². The van der Waals surface area contributed by atoms with Crippen LogP contribution >= 0.6 is 0 Å². The number of methoxy groups -OCH3 is 1. The van der Waals surface area contributed by atoms with Crippen molar-refractivity contribution in [2.75, 3.05) is 7.11 Å². The van der Waals surface area contributed by atoms with Gasteiger partial charge in [0.2, 0.25) is 0 Å². The summed E-state index contributed by atoms with van der Waals surface area (Å²) in [4.78, 5) is 11.2. The molecule has 0 aliphatic carbocycles. The summed E-state index contributed by atoms with van der Waals surface area (Å²) in [6.45, 7) is 1.72. The van der Waals surface area contributed by atoms with Crippen LogP contribution in [0.1, 0.15) is 24.0 Å². The number of nitriles is 1. The summed E-state index contributed by atoms with van der Waals surface area (Å²) in [5.74, 6) is -0.719. The zero-order chi connectivity index (χ0) is 10.6. The third-order valence-corrected chi connectivity index (χ3v) is 2.10. The predicted molar refractivity (Wildman–Crippen MR) is 51.6 cm³/mol. The molecule has 1 unspecified atom stereocenters. The second kappa shape index (κ2) is 4.43. The molecule has 0 aliphatic rings. The fourth-order valence-electron chi connectivity index (χ4n) is 1.28. The van der Waals surface area contributed by atoms with Crippen molar-refractivity contribution >= 4 is 5.97 Å². The van der Waals surface area contributed by atoms with Crippen LogP contribution in [0.5, 0.6) is 0 Å². The molecule has 0 aromatic heterocycles. The minimum atomic E-state index is -0.393. The Kier molecular flexibility index (Phi) is 3.24. The first-order valence-electron chi connectivity index (χ1n) is 4.27. The molecule has 0 N–H and O–H groups in total. The van der Waals surface area contributed by atoms with E-state index in [1.54, 1.807) is 31.2 Å². The van der Waals surface area contributed by atoms with E-state index in [0.717, 1.165) is 0 Å². The van der Waals surface area contributed by atoms with Crippen LogP contribution in [-0.4, -0.2) is 13.1 Å². The number of carbonyl (C=O) groups excluding carboxylic acids is 1. The maximum atomic E-state index is 11.2. The van der Waals surface area contributed by atoms with E-state index in [-0.39, 0.29) is 5.97 Å². The van der Waals surface area contributed by atoms with Crippen molar-refractivity contribution in [1.82, 2.24) is 0 Å². The Morgan fingerprint density at radius 2 is 2.14 bits per heavy atom. The maximum Gasteiger partial charge on any atom is 0.312 e. The number of hydrogen-bond acceptors (Lipinski definition) is 3. The van der Waals surface area contributed by atoms with Crippen molar-refractivity contribution < 1.29 is 9.53 Å². The molecule has 0 radical (unpaired) electrons. The molecular weight excluding hydrogens is 178 g/mol. The number of hydrogen-bond donors (Lipinski definition) is 0. The number of nitrogens with zero attached hydrogens (tertiary/aromatic N) is 1. The topological polar surface area (TPSA) is 50.1 Å². The molecule has 1 aromatic rings. The Morgan fingerprint density at radius 3 is 2.71 bits per heavy atom. The van der Waals surface area contributed by atoms with Crippen molar-refractivity contribution in [3.63, 3.8) is 0 Å². The first-order chi connectivity index (χ1) is 6.70. The van der Waals surface area contributed by atoms with Gasteiger partial charge in [-0.05, 0) is 18.6 Å². The summed E-state index contributed by atoms with van der Waals surface area (Å²) in [5, 5.41) is 8.82. The number of benzene rings is 1. The number of esters is 1. The van der Waals surface area contributed by atoms with Gasteiger partial charge in [0.15, 0.2) is 0 Å². The molecule has 0 saturated carbocycles. The van der Waals surface area contributed by atoms with Gasteiger partial charge in [-0.2, -0.15) is 5.26 Å². The lowest BCUT2D eigenvalue weighted by molar-refractivity contribution is -0.141. The number of ether oxygens (including phenoxy) is 1. The van der Waals surface area contributed by atoms with E-state index < -0.39 is 5.92 Å². The first kappa shape index (κ1) is 10.3. The summed E-state index contributed by atoms with van der Waals surface area (Å²) in [7, 11) is 1.34. The highest BCUT2D eigenvalue weighted by Gasteiger charge is 2.18. The molecule has 3 nitrogen and oxygen atoms in total. The molecule has 0 heterocycles. The van der Waals surface area contributed by atoms with E-state index in [9.17, 15) is 4.79 Å². The lowest BCUT2D eigenvalue weighted by atomic mass is 9.96. The Bertz CT molecular complexity index is 379. The van der Waals surface area contributed by atoms with Crippen LogP contribution < -0.4 is 0 Å². The molecule has 1 atom stereocenters. The second-order valence-electron chi connectivity index (χ2n) is 2.94. The molecule has 1 aromatic carbocycles. The maximum absolute atomic E-state index is 11.2. The van der Waals surface area contributed by atoms with Crippen molar-refractivity contribution in [1.29, 1.82) is 5.26 Å². The van der Waals surface area contributed by atoms with Gasteiger partial charge in [0.25, 0.3) is 0 Å². The average molecular weight is 189 g/mol. The lowest BCUT2D eigenvalue weighted by Gasteiger charge is -2.10. The minimum absolute atomic E-state index is 0.326. The molecule has 0 spiro atoms. The summed E-state index contributed by atoms with van der Waals surface area (Å²) in [5.41, 5.74) is 1.23. The van der Waals surface area contributed by atoms with Gasteiger partial charge in [0.05, 0.1) is 24.7 Å². The third kappa shape index (κ3) is 1.91. The van der Waals surface area contributed by atoms with Crippen LogP contribution in [0.15, 0.2) is 24.3 Å². The standard InChI is InChI=1S/C11H11NO2/c1-8(11(13)14-2)10-6-4-3-5-9(10)7-12/h3-6,8H,1-2H3. The summed E-state index contributed by atoms with van der Waals surface area (Å²) in [6, 6.07) is 9.07. The van der Waals surface area contributed by atoms with Crippen LogP contribution in [0, 0.1) is 11.3 Å². The van der Waals surface area contributed by atoms with Gasteiger partial charge in [0, 0.05) is 0 Å². The SMILES string of the molecule is COC(=O)C(C)c1ccccc1C#N. The zero-order valence-corrected chi connectivity index (χ0v) is 8.15. The van der Waals surface area contributed by atoms with Crippen LogP contribution in [-0.2, 0) is 9.53 Å². The van der Waals surface area contributed by atoms with Crippen LogP contribution in [0.2, 0.25) is 0 Å². The van der Waals surface area contributed by atoms with Gasteiger partial charge in [-0.15, -0.1) is 0 Å².